The Morgan fingerprint density at radius 1 is 1.05 bits per heavy atom. The number of aliphatic hydroxyl groups excluding tert-OH is 1. The molecule has 2 rings (SSSR count). The fourth-order valence-electron chi connectivity index (χ4n) is 1.63. The van der Waals surface area contributed by atoms with E-state index in [2.05, 4.69) is 15.9 Å². The van der Waals surface area contributed by atoms with Crippen LogP contribution in [0.25, 0.3) is 0 Å². The Labute approximate surface area is 126 Å². The Balaban J connectivity index is 2.44. The lowest BCUT2D eigenvalue weighted by Gasteiger charge is -2.14. The highest BCUT2D eigenvalue weighted by molar-refractivity contribution is 9.10. The quantitative estimate of drug-likeness (QED) is 0.818. The van der Waals surface area contributed by atoms with E-state index in [9.17, 15) is 13.2 Å². The van der Waals surface area contributed by atoms with Crippen molar-refractivity contribution >= 4 is 27.7 Å². The van der Waals surface area contributed by atoms with Crippen molar-refractivity contribution in [3.8, 4) is 0 Å². The summed E-state index contributed by atoms with van der Waals surface area (Å²) in [7, 11) is 0. The predicted octanol–water partition coefficient (Wildman–Crippen LogP) is 5.11. The second kappa shape index (κ2) is 6.20. The van der Waals surface area contributed by atoms with Gasteiger partial charge < -0.3 is 5.11 Å². The summed E-state index contributed by atoms with van der Waals surface area (Å²) in [5.74, 6) is 0. The summed E-state index contributed by atoms with van der Waals surface area (Å²) in [4.78, 5) is 0.816. The minimum atomic E-state index is -4.45. The Kier molecular flexibility index (Phi) is 4.78. The molecule has 0 aliphatic carbocycles. The molecule has 0 heterocycles. The van der Waals surface area contributed by atoms with Gasteiger partial charge in [-0.3, -0.25) is 0 Å². The highest BCUT2D eigenvalue weighted by Gasteiger charge is 2.34. The fourth-order valence-corrected chi connectivity index (χ4v) is 3.13. The van der Waals surface area contributed by atoms with Crippen molar-refractivity contribution in [1.82, 2.24) is 0 Å². The van der Waals surface area contributed by atoms with Crippen LogP contribution in [0.1, 0.15) is 11.1 Å². The molecule has 0 aliphatic heterocycles. The molecule has 6 heteroatoms. The predicted molar refractivity (Wildman–Crippen MR) is 75.6 cm³/mol. The van der Waals surface area contributed by atoms with Crippen LogP contribution in [0.4, 0.5) is 13.2 Å². The highest BCUT2D eigenvalue weighted by Crippen LogP contribution is 2.41. The molecule has 20 heavy (non-hydrogen) atoms. The van der Waals surface area contributed by atoms with Crippen molar-refractivity contribution in [1.29, 1.82) is 0 Å². The molecule has 106 valence electrons. The summed E-state index contributed by atoms with van der Waals surface area (Å²) in [6, 6.07) is 11.0. The smallest absolute Gasteiger partial charge is 0.392 e. The maximum Gasteiger partial charge on any atom is 0.417 e. The molecule has 0 saturated heterocycles. The number of hydrogen-bond acceptors (Lipinski definition) is 2. The number of alkyl halides is 3. The second-order valence-electron chi connectivity index (χ2n) is 4.02. The molecule has 2 aromatic rings. The van der Waals surface area contributed by atoms with Crippen molar-refractivity contribution in [3.05, 3.63) is 58.1 Å². The molecule has 0 aliphatic rings. The summed E-state index contributed by atoms with van der Waals surface area (Å²) in [5, 5.41) is 8.97. The van der Waals surface area contributed by atoms with E-state index in [-0.39, 0.29) is 10.5 Å². The monoisotopic (exact) mass is 362 g/mol. The van der Waals surface area contributed by atoms with Gasteiger partial charge in [-0.2, -0.15) is 13.2 Å². The average molecular weight is 363 g/mol. The van der Waals surface area contributed by atoms with E-state index in [0.717, 1.165) is 22.3 Å². The Bertz CT molecular complexity index is 614. The SMILES string of the molecule is OCc1ccc(Sc2ccccc2Br)c(C(F)(F)F)c1. The highest BCUT2D eigenvalue weighted by atomic mass is 79.9. The van der Waals surface area contributed by atoms with Gasteiger partial charge in [-0.15, -0.1) is 0 Å². The maximum atomic E-state index is 13.1. The van der Waals surface area contributed by atoms with Crippen molar-refractivity contribution in [2.45, 2.75) is 22.6 Å². The van der Waals surface area contributed by atoms with Crippen LogP contribution in [0.5, 0.6) is 0 Å². The van der Waals surface area contributed by atoms with Crippen LogP contribution >= 0.6 is 27.7 Å². The first-order chi connectivity index (χ1) is 9.41. The van der Waals surface area contributed by atoms with Crippen molar-refractivity contribution < 1.29 is 18.3 Å². The topological polar surface area (TPSA) is 20.2 Å². The molecular weight excluding hydrogens is 353 g/mol. The van der Waals surface area contributed by atoms with Gasteiger partial charge in [0.2, 0.25) is 0 Å². The van der Waals surface area contributed by atoms with Gasteiger partial charge in [-0.25, -0.2) is 0 Å². The first-order valence-electron chi connectivity index (χ1n) is 5.65. The van der Waals surface area contributed by atoms with E-state index in [0.29, 0.717) is 4.90 Å². The van der Waals surface area contributed by atoms with E-state index in [1.54, 1.807) is 24.3 Å². The van der Waals surface area contributed by atoms with Gasteiger partial charge >= 0.3 is 6.18 Å². The van der Waals surface area contributed by atoms with Gasteiger partial charge in [0.25, 0.3) is 0 Å². The van der Waals surface area contributed by atoms with Crippen LogP contribution in [0, 0.1) is 0 Å². The van der Waals surface area contributed by atoms with Crippen LogP contribution in [0.2, 0.25) is 0 Å². The first kappa shape index (κ1) is 15.4. The van der Waals surface area contributed by atoms with Gasteiger partial charge in [0.15, 0.2) is 0 Å². The largest absolute Gasteiger partial charge is 0.417 e. The van der Waals surface area contributed by atoms with Crippen molar-refractivity contribution in [2.24, 2.45) is 0 Å². The molecule has 2 aromatic carbocycles. The normalized spacial score (nSPS) is 11.7. The zero-order chi connectivity index (χ0) is 14.8. The second-order valence-corrected chi connectivity index (χ2v) is 5.96. The number of hydrogen-bond donors (Lipinski definition) is 1. The number of rotatable bonds is 3. The van der Waals surface area contributed by atoms with E-state index < -0.39 is 18.3 Å². The Hall–Kier alpha value is -0.980. The van der Waals surface area contributed by atoms with Gasteiger partial charge in [-0.05, 0) is 45.8 Å². The Morgan fingerprint density at radius 2 is 1.75 bits per heavy atom. The van der Waals surface area contributed by atoms with E-state index in [1.807, 2.05) is 0 Å². The number of halogens is 4. The molecule has 0 atom stereocenters. The van der Waals surface area contributed by atoms with E-state index in [4.69, 9.17) is 5.11 Å². The lowest BCUT2D eigenvalue weighted by molar-refractivity contribution is -0.139. The molecule has 0 bridgehead atoms. The van der Waals surface area contributed by atoms with Crippen LogP contribution in [0.3, 0.4) is 0 Å². The van der Waals surface area contributed by atoms with Crippen LogP contribution in [0.15, 0.2) is 56.7 Å². The summed E-state index contributed by atoms with van der Waals surface area (Å²) in [6.07, 6.45) is -4.45. The third-order valence-electron chi connectivity index (χ3n) is 2.59. The zero-order valence-electron chi connectivity index (χ0n) is 10.1. The average Bonchev–Trinajstić information content (AvgIpc) is 2.40. The summed E-state index contributed by atoms with van der Waals surface area (Å²) in [6.45, 7) is -0.414. The third-order valence-corrected chi connectivity index (χ3v) is 4.69. The molecular formula is C14H10BrF3OS. The third kappa shape index (κ3) is 3.56. The molecule has 1 nitrogen and oxygen atoms in total. The van der Waals surface area contributed by atoms with Crippen molar-refractivity contribution in [2.75, 3.05) is 0 Å². The standard InChI is InChI=1S/C14H10BrF3OS/c15-11-3-1-2-4-13(11)20-12-6-5-9(8-19)7-10(12)14(16,17)18/h1-7,19H,8H2. The number of aliphatic hydroxyl groups is 1. The van der Waals surface area contributed by atoms with Crippen molar-refractivity contribution in [3.63, 3.8) is 0 Å². The molecule has 0 radical (unpaired) electrons. The molecule has 0 saturated carbocycles. The van der Waals surface area contributed by atoms with Gasteiger partial charge in [-0.1, -0.05) is 30.0 Å². The van der Waals surface area contributed by atoms with E-state index in [1.165, 1.54) is 12.1 Å². The molecule has 1 N–H and O–H groups in total. The minimum Gasteiger partial charge on any atom is -0.392 e. The van der Waals surface area contributed by atoms with Gasteiger partial charge in [0.05, 0.1) is 12.2 Å². The summed E-state index contributed by atoms with van der Waals surface area (Å²) in [5.41, 5.74) is -0.487. The maximum absolute atomic E-state index is 13.1. The van der Waals surface area contributed by atoms with Crippen LogP contribution in [-0.2, 0) is 12.8 Å². The lowest BCUT2D eigenvalue weighted by Crippen LogP contribution is -2.07. The minimum absolute atomic E-state index is 0.113. The van der Waals surface area contributed by atoms with Gasteiger partial charge in [0.1, 0.15) is 0 Å². The number of benzene rings is 2. The molecule has 0 unspecified atom stereocenters. The zero-order valence-corrected chi connectivity index (χ0v) is 12.5. The summed E-state index contributed by atoms with van der Waals surface area (Å²) < 4.78 is 39.9. The molecule has 0 fully saturated rings. The lowest BCUT2D eigenvalue weighted by atomic mass is 10.1. The Morgan fingerprint density at radius 3 is 2.35 bits per heavy atom. The van der Waals surface area contributed by atoms with Crippen LogP contribution < -0.4 is 0 Å². The molecule has 0 amide bonds. The molecule has 0 aromatic heterocycles. The fraction of sp³-hybridized carbons (Fsp3) is 0.143. The molecule has 0 spiro atoms. The van der Waals surface area contributed by atoms with E-state index >= 15 is 0 Å². The van der Waals surface area contributed by atoms with Gasteiger partial charge in [0, 0.05) is 14.3 Å². The van der Waals surface area contributed by atoms with Crippen LogP contribution in [-0.4, -0.2) is 5.11 Å². The first-order valence-corrected chi connectivity index (χ1v) is 7.26. The summed E-state index contributed by atoms with van der Waals surface area (Å²) >= 11 is 4.35.